The summed E-state index contributed by atoms with van der Waals surface area (Å²) in [4.78, 5) is 27.4. The average molecular weight is 631 g/mol. The molecular formula is C36H44ClFN6O. The monoisotopic (exact) mass is 630 g/mol. The zero-order chi connectivity index (χ0) is 31.7. The minimum absolute atomic E-state index is 0.109. The Hall–Kier alpha value is -3.49. The van der Waals surface area contributed by atoms with Gasteiger partial charge in [0.15, 0.2) is 5.82 Å². The third-order valence-corrected chi connectivity index (χ3v) is 10.2. The molecular weight excluding hydrogens is 587 g/mol. The molecule has 2 aliphatic rings. The fourth-order valence-electron chi connectivity index (χ4n) is 7.04. The number of hydrogen-bond acceptors (Lipinski definition) is 4. The summed E-state index contributed by atoms with van der Waals surface area (Å²) in [6.07, 6.45) is 11.9. The number of rotatable bonds is 11. The van der Waals surface area contributed by atoms with Gasteiger partial charge in [-0.25, -0.2) is 9.18 Å². The van der Waals surface area contributed by atoms with Crippen molar-refractivity contribution in [2.24, 2.45) is 22.6 Å². The third kappa shape index (κ3) is 7.17. The Morgan fingerprint density at radius 2 is 1.96 bits per heavy atom. The van der Waals surface area contributed by atoms with Gasteiger partial charge in [0.2, 0.25) is 0 Å². The second-order valence-electron chi connectivity index (χ2n) is 13.2. The van der Waals surface area contributed by atoms with Crippen LogP contribution in [0.1, 0.15) is 82.4 Å². The number of halogens is 2. The minimum atomic E-state index is -0.471. The van der Waals surface area contributed by atoms with E-state index in [1.54, 1.807) is 16.8 Å². The Labute approximate surface area is 269 Å². The first-order valence-electron chi connectivity index (χ1n) is 16.4. The summed E-state index contributed by atoms with van der Waals surface area (Å²) in [5, 5.41) is 0.830. The molecule has 1 saturated carbocycles. The highest BCUT2D eigenvalue weighted by Gasteiger charge is 2.29. The molecule has 2 aromatic heterocycles. The highest BCUT2D eigenvalue weighted by atomic mass is 35.5. The van der Waals surface area contributed by atoms with E-state index < -0.39 is 11.5 Å². The number of benzene rings is 2. The number of nitrogens with zero attached hydrogens (tertiary/aromatic N) is 4. The van der Waals surface area contributed by atoms with E-state index in [-0.39, 0.29) is 5.02 Å². The number of fused-ring (bicyclic) bond motifs is 1. The predicted octanol–water partition coefficient (Wildman–Crippen LogP) is 7.83. The number of H-pyrrole nitrogens is 1. The summed E-state index contributed by atoms with van der Waals surface area (Å²) >= 11 is 6.35. The standard InChI is InChI=1S/C36H44ClFN6O/c1-22(25-10-11-25)6-4-7-24-18-30(34(38)31(37)19-24)32-20-27-21-44(36(45)42-35(27)41-32)29-14-12-26(13-15-29)33-9-5-8-28(43(33)3)16-17-40-23(2)39/h12-15,18-22,25,28,33H,4-11,16-17H2,1-3H3,(H2,39,40)(H,41,42,45)/t22-,28+,33+/m1/s1. The molecule has 1 saturated heterocycles. The van der Waals surface area contributed by atoms with Crippen LogP contribution in [0.3, 0.4) is 0 Å². The lowest BCUT2D eigenvalue weighted by atomic mass is 9.90. The van der Waals surface area contributed by atoms with Crippen molar-refractivity contribution in [3.63, 3.8) is 0 Å². The molecule has 3 atom stereocenters. The summed E-state index contributed by atoms with van der Waals surface area (Å²) in [5.41, 5.74) is 9.68. The number of aryl methyl sites for hydroxylation is 1. The van der Waals surface area contributed by atoms with Crippen LogP contribution in [-0.2, 0) is 6.42 Å². The molecule has 2 aromatic carbocycles. The van der Waals surface area contributed by atoms with Gasteiger partial charge < -0.3 is 10.7 Å². The maximum atomic E-state index is 15.3. The molecule has 0 radical (unpaired) electrons. The van der Waals surface area contributed by atoms with Gasteiger partial charge in [0.05, 0.1) is 22.2 Å². The van der Waals surface area contributed by atoms with Crippen LogP contribution in [0.25, 0.3) is 28.0 Å². The van der Waals surface area contributed by atoms with Gasteiger partial charge in [-0.1, -0.05) is 37.1 Å². The lowest BCUT2D eigenvalue weighted by molar-refractivity contribution is 0.110. The third-order valence-electron chi connectivity index (χ3n) is 9.90. The topological polar surface area (TPSA) is 92.3 Å². The van der Waals surface area contributed by atoms with Crippen molar-refractivity contribution in [3.05, 3.63) is 81.1 Å². The maximum absolute atomic E-state index is 15.3. The van der Waals surface area contributed by atoms with Crippen LogP contribution in [-0.4, -0.2) is 44.9 Å². The summed E-state index contributed by atoms with van der Waals surface area (Å²) < 4.78 is 16.8. The van der Waals surface area contributed by atoms with Crippen molar-refractivity contribution in [2.45, 2.75) is 83.7 Å². The van der Waals surface area contributed by atoms with E-state index in [9.17, 15) is 4.79 Å². The molecule has 0 bridgehead atoms. The zero-order valence-electron chi connectivity index (χ0n) is 26.5. The molecule has 238 valence electrons. The van der Waals surface area contributed by atoms with Crippen molar-refractivity contribution in [2.75, 3.05) is 13.6 Å². The van der Waals surface area contributed by atoms with Crippen molar-refractivity contribution in [1.82, 2.24) is 19.4 Å². The highest BCUT2D eigenvalue weighted by Crippen LogP contribution is 2.39. The average Bonchev–Trinajstić information content (AvgIpc) is 3.79. The van der Waals surface area contributed by atoms with Crippen LogP contribution in [0.5, 0.6) is 0 Å². The molecule has 1 aliphatic carbocycles. The second kappa shape index (κ2) is 13.5. The van der Waals surface area contributed by atoms with Crippen molar-refractivity contribution in [3.8, 4) is 16.9 Å². The number of piperidine rings is 1. The summed E-state index contributed by atoms with van der Waals surface area (Å²) in [6, 6.07) is 14.4. The second-order valence-corrected chi connectivity index (χ2v) is 13.6. The van der Waals surface area contributed by atoms with E-state index >= 15 is 4.39 Å². The first kappa shape index (κ1) is 31.5. The van der Waals surface area contributed by atoms with Crippen molar-refractivity contribution in [1.29, 1.82) is 0 Å². The molecule has 4 aromatic rings. The smallest absolute Gasteiger partial charge is 0.354 e. The van der Waals surface area contributed by atoms with Gasteiger partial charge in [-0.2, -0.15) is 4.98 Å². The van der Waals surface area contributed by atoms with Gasteiger partial charge in [-0.3, -0.25) is 14.5 Å². The van der Waals surface area contributed by atoms with E-state index in [0.717, 1.165) is 73.5 Å². The SMILES string of the molecule is CC(N)=NCC[C@@H]1CCC[C@@H](c2ccc(-n3cc4cc(-c5cc(CCC[C@@H](C)C6CC6)cc(Cl)c5F)[nH]c4nc3=O)cc2)N1C. The van der Waals surface area contributed by atoms with Crippen LogP contribution in [0.2, 0.25) is 5.02 Å². The number of amidine groups is 1. The Balaban J connectivity index is 1.20. The Morgan fingerprint density at radius 3 is 2.69 bits per heavy atom. The highest BCUT2D eigenvalue weighted by molar-refractivity contribution is 6.31. The number of likely N-dealkylation sites (tertiary alicyclic amines) is 1. The lowest BCUT2D eigenvalue weighted by Gasteiger charge is -2.40. The van der Waals surface area contributed by atoms with Gasteiger partial charge in [0.1, 0.15) is 5.65 Å². The fourth-order valence-corrected chi connectivity index (χ4v) is 7.29. The molecule has 9 heteroatoms. The number of nitrogens with two attached hydrogens (primary N) is 1. The molecule has 3 N–H and O–H groups in total. The van der Waals surface area contributed by atoms with E-state index in [2.05, 4.69) is 46.0 Å². The lowest BCUT2D eigenvalue weighted by Crippen LogP contribution is -2.39. The largest absolute Gasteiger partial charge is 0.388 e. The Kier molecular flexibility index (Phi) is 9.43. The normalized spacial score (nSPS) is 20.2. The summed E-state index contributed by atoms with van der Waals surface area (Å²) in [7, 11) is 2.19. The molecule has 2 fully saturated rings. The maximum Gasteiger partial charge on any atom is 0.354 e. The molecule has 3 heterocycles. The first-order valence-corrected chi connectivity index (χ1v) is 16.7. The van der Waals surface area contributed by atoms with Crippen LogP contribution in [0.15, 0.2) is 58.4 Å². The number of nitrogens with one attached hydrogen (secondary N) is 1. The van der Waals surface area contributed by atoms with Crippen LogP contribution < -0.4 is 11.4 Å². The van der Waals surface area contributed by atoms with Gasteiger partial charge >= 0.3 is 5.69 Å². The molecule has 1 aliphatic heterocycles. The molecule has 7 nitrogen and oxygen atoms in total. The van der Waals surface area contributed by atoms with Gasteiger partial charge in [0.25, 0.3) is 0 Å². The summed E-state index contributed by atoms with van der Waals surface area (Å²) in [5.74, 6) is 1.78. The Morgan fingerprint density at radius 1 is 1.18 bits per heavy atom. The Bertz CT molecular complexity index is 1740. The van der Waals surface area contributed by atoms with Crippen LogP contribution >= 0.6 is 11.6 Å². The van der Waals surface area contributed by atoms with E-state index in [1.807, 2.05) is 31.2 Å². The molecule has 0 unspecified atom stereocenters. The van der Waals surface area contributed by atoms with Gasteiger partial charge in [0, 0.05) is 35.8 Å². The van der Waals surface area contributed by atoms with E-state index in [0.29, 0.717) is 34.8 Å². The number of hydrogen-bond donors (Lipinski definition) is 2. The molecule has 6 rings (SSSR count). The molecule has 45 heavy (non-hydrogen) atoms. The fraction of sp³-hybridized carbons (Fsp3) is 0.472. The van der Waals surface area contributed by atoms with Gasteiger partial charge in [-0.15, -0.1) is 0 Å². The first-order chi connectivity index (χ1) is 21.7. The number of aromatic amines is 1. The van der Waals surface area contributed by atoms with Crippen LogP contribution in [0, 0.1) is 17.7 Å². The quantitative estimate of drug-likeness (QED) is 0.130. The minimum Gasteiger partial charge on any atom is -0.388 e. The van der Waals surface area contributed by atoms with Gasteiger partial charge in [-0.05, 0) is 119 Å². The molecule has 0 spiro atoms. The number of aromatic nitrogens is 3. The van der Waals surface area contributed by atoms with E-state index in [4.69, 9.17) is 17.3 Å². The van der Waals surface area contributed by atoms with E-state index in [1.165, 1.54) is 24.8 Å². The van der Waals surface area contributed by atoms with Crippen molar-refractivity contribution >= 4 is 28.5 Å². The molecule has 0 amide bonds. The summed E-state index contributed by atoms with van der Waals surface area (Å²) in [6.45, 7) is 4.90. The predicted molar refractivity (Wildman–Crippen MR) is 182 cm³/mol. The zero-order valence-corrected chi connectivity index (χ0v) is 27.3. The number of aliphatic imine (C=N–C) groups is 1. The van der Waals surface area contributed by atoms with Crippen molar-refractivity contribution < 1.29 is 4.39 Å². The van der Waals surface area contributed by atoms with Crippen LogP contribution in [0.4, 0.5) is 4.39 Å².